The predicted octanol–water partition coefficient (Wildman–Crippen LogP) is 3.28. The summed E-state index contributed by atoms with van der Waals surface area (Å²) in [4.78, 5) is 43.9. The van der Waals surface area contributed by atoms with Crippen molar-refractivity contribution in [1.82, 2.24) is 19.7 Å². The number of carbonyl (C=O) groups excluding carboxylic acids is 3. The molecule has 3 amide bonds. The Morgan fingerprint density at radius 2 is 1.71 bits per heavy atom. The highest BCUT2D eigenvalue weighted by molar-refractivity contribution is 6.08. The van der Waals surface area contributed by atoms with Crippen molar-refractivity contribution in [3.8, 4) is 0 Å². The van der Waals surface area contributed by atoms with Gasteiger partial charge in [0.05, 0.1) is 11.7 Å². The van der Waals surface area contributed by atoms with Gasteiger partial charge in [-0.25, -0.2) is 4.39 Å². The van der Waals surface area contributed by atoms with E-state index in [0.717, 1.165) is 16.5 Å². The Balaban J connectivity index is 1.39. The zero-order chi connectivity index (χ0) is 29.1. The molecule has 2 N–H and O–H groups in total. The van der Waals surface area contributed by atoms with Gasteiger partial charge in [-0.2, -0.15) is 0 Å². The average Bonchev–Trinajstić information content (AvgIpc) is 3.53. The minimum Gasteiger partial charge on any atom is -0.391 e. The molecule has 1 aliphatic rings. The van der Waals surface area contributed by atoms with Gasteiger partial charge in [-0.1, -0.05) is 66.7 Å². The topological polar surface area (TPSA) is 94.9 Å². The van der Waals surface area contributed by atoms with Crippen LogP contribution in [0.15, 0.2) is 85.1 Å². The lowest BCUT2D eigenvalue weighted by molar-refractivity contribution is -0.136. The van der Waals surface area contributed by atoms with E-state index in [2.05, 4.69) is 5.32 Å². The summed E-state index contributed by atoms with van der Waals surface area (Å²) in [6.45, 7) is 0.289. The number of fused-ring (bicyclic) bond motifs is 1. The number of aliphatic hydroxyl groups excluding tert-OH is 1. The molecule has 1 fully saturated rings. The van der Waals surface area contributed by atoms with Crippen LogP contribution in [0.2, 0.25) is 0 Å². The van der Waals surface area contributed by atoms with E-state index in [9.17, 15) is 23.9 Å². The van der Waals surface area contributed by atoms with Crippen molar-refractivity contribution < 1.29 is 23.9 Å². The fourth-order valence-electron chi connectivity index (χ4n) is 5.51. The third kappa shape index (κ3) is 6.00. The Labute approximate surface area is 238 Å². The highest BCUT2D eigenvalue weighted by Crippen LogP contribution is 2.26. The minimum absolute atomic E-state index is 0.0139. The van der Waals surface area contributed by atoms with Crippen LogP contribution < -0.4 is 5.32 Å². The quantitative estimate of drug-likeness (QED) is 0.348. The number of likely N-dealkylation sites (N-methyl/N-ethyl adjacent to an activating group) is 1. The molecule has 0 bridgehead atoms. The molecule has 0 spiro atoms. The SMILES string of the molecule is CN(Cc1ccccc1)C(=O)[C@H](Cc1ccccc1F)NC(=O)[C@@H]1C[C@@H](O)CN1C(=O)c1cn(C)c2ccccc12. The summed E-state index contributed by atoms with van der Waals surface area (Å²) in [6, 6.07) is 20.9. The molecule has 1 aliphatic heterocycles. The van der Waals surface area contributed by atoms with E-state index in [1.54, 1.807) is 31.4 Å². The fourth-order valence-corrected chi connectivity index (χ4v) is 5.51. The monoisotopic (exact) mass is 556 g/mol. The molecule has 1 saturated heterocycles. The summed E-state index contributed by atoms with van der Waals surface area (Å²) in [6.07, 6.45) is 0.785. The van der Waals surface area contributed by atoms with Crippen molar-refractivity contribution in [1.29, 1.82) is 0 Å². The third-order valence-corrected chi connectivity index (χ3v) is 7.61. The number of nitrogens with one attached hydrogen (secondary N) is 1. The molecular weight excluding hydrogens is 523 g/mol. The van der Waals surface area contributed by atoms with Gasteiger partial charge in [-0.3, -0.25) is 14.4 Å². The maximum Gasteiger partial charge on any atom is 0.256 e. The van der Waals surface area contributed by atoms with Crippen molar-refractivity contribution in [2.45, 2.75) is 37.6 Å². The lowest BCUT2D eigenvalue weighted by Crippen LogP contribution is -2.54. The summed E-state index contributed by atoms with van der Waals surface area (Å²) in [5.74, 6) is -1.82. The summed E-state index contributed by atoms with van der Waals surface area (Å²) < 4.78 is 16.5. The van der Waals surface area contributed by atoms with Crippen molar-refractivity contribution in [2.24, 2.45) is 7.05 Å². The van der Waals surface area contributed by atoms with Crippen LogP contribution in [0.5, 0.6) is 0 Å². The molecule has 4 aromatic rings. The Hall–Kier alpha value is -4.50. The maximum atomic E-state index is 14.6. The lowest BCUT2D eigenvalue weighted by atomic mass is 10.0. The molecule has 9 heteroatoms. The molecule has 2 heterocycles. The molecule has 3 atom stereocenters. The molecule has 0 radical (unpaired) electrons. The van der Waals surface area contributed by atoms with Crippen LogP contribution in [-0.2, 0) is 29.6 Å². The first kappa shape index (κ1) is 28.0. The van der Waals surface area contributed by atoms with Crippen molar-refractivity contribution in [2.75, 3.05) is 13.6 Å². The number of carbonyl (C=O) groups is 3. The first-order valence-corrected chi connectivity index (χ1v) is 13.6. The van der Waals surface area contributed by atoms with Crippen LogP contribution in [-0.4, -0.2) is 69.0 Å². The van der Waals surface area contributed by atoms with E-state index < -0.39 is 35.8 Å². The van der Waals surface area contributed by atoms with Gasteiger partial charge in [0.15, 0.2) is 0 Å². The van der Waals surface area contributed by atoms with Gasteiger partial charge in [0.2, 0.25) is 11.8 Å². The van der Waals surface area contributed by atoms with Gasteiger partial charge >= 0.3 is 0 Å². The number of hydrogen-bond donors (Lipinski definition) is 2. The largest absolute Gasteiger partial charge is 0.391 e. The normalized spacial score (nSPS) is 17.4. The van der Waals surface area contributed by atoms with E-state index in [4.69, 9.17) is 0 Å². The van der Waals surface area contributed by atoms with Crippen LogP contribution >= 0.6 is 0 Å². The van der Waals surface area contributed by atoms with E-state index >= 15 is 0 Å². The first-order valence-electron chi connectivity index (χ1n) is 13.6. The molecule has 41 heavy (non-hydrogen) atoms. The van der Waals surface area contributed by atoms with Gasteiger partial charge in [0.1, 0.15) is 17.9 Å². The Morgan fingerprint density at radius 1 is 1.02 bits per heavy atom. The van der Waals surface area contributed by atoms with Crippen LogP contribution in [0.25, 0.3) is 10.9 Å². The molecule has 8 nitrogen and oxygen atoms in total. The number of aromatic nitrogens is 1. The third-order valence-electron chi connectivity index (χ3n) is 7.61. The van der Waals surface area contributed by atoms with E-state index in [1.807, 2.05) is 66.2 Å². The van der Waals surface area contributed by atoms with Crippen LogP contribution in [0, 0.1) is 5.82 Å². The van der Waals surface area contributed by atoms with Crippen LogP contribution in [0.4, 0.5) is 4.39 Å². The van der Waals surface area contributed by atoms with Crippen LogP contribution in [0.3, 0.4) is 0 Å². The number of aliphatic hydroxyl groups is 1. The number of benzene rings is 3. The van der Waals surface area contributed by atoms with Gasteiger partial charge in [-0.15, -0.1) is 0 Å². The second-order valence-electron chi connectivity index (χ2n) is 10.6. The minimum atomic E-state index is -1.08. The number of nitrogens with zero attached hydrogens (tertiary/aromatic N) is 3. The van der Waals surface area contributed by atoms with Gasteiger partial charge in [0, 0.05) is 57.1 Å². The highest BCUT2D eigenvalue weighted by Gasteiger charge is 2.41. The molecule has 1 aromatic heterocycles. The number of halogens is 1. The van der Waals surface area contributed by atoms with Gasteiger partial charge in [-0.05, 0) is 23.3 Å². The van der Waals surface area contributed by atoms with Crippen molar-refractivity contribution >= 4 is 28.6 Å². The smallest absolute Gasteiger partial charge is 0.256 e. The Bertz CT molecular complexity index is 1570. The number of β-amino-alcohol motifs (C(OH)–C–C–N with tert-alkyl or cyclic N) is 1. The number of likely N-dealkylation sites (tertiary alicyclic amines) is 1. The molecule has 0 unspecified atom stereocenters. The molecule has 5 rings (SSSR count). The zero-order valence-corrected chi connectivity index (χ0v) is 23.0. The number of amides is 3. The Morgan fingerprint density at radius 3 is 2.46 bits per heavy atom. The average molecular weight is 557 g/mol. The van der Waals surface area contributed by atoms with Gasteiger partial charge in [0.25, 0.3) is 5.91 Å². The summed E-state index contributed by atoms with van der Waals surface area (Å²) >= 11 is 0. The number of aryl methyl sites for hydroxylation is 1. The van der Waals surface area contributed by atoms with Gasteiger partial charge < -0.3 is 24.8 Å². The standard InChI is InChI=1S/C32H33FN4O4/c1-35-20-25(24-13-7-9-15-28(24)35)31(40)37-19-23(38)17-29(37)30(39)34-27(16-22-12-6-8-14-26(22)33)32(41)36(2)18-21-10-4-3-5-11-21/h3-15,20,23,27,29,38H,16-19H2,1-2H3,(H,34,39)/t23-,27+,29+/m1/s1. The summed E-state index contributed by atoms with van der Waals surface area (Å²) in [7, 11) is 3.47. The van der Waals surface area contributed by atoms with E-state index in [-0.39, 0.29) is 30.9 Å². The number of para-hydroxylation sites is 1. The lowest BCUT2D eigenvalue weighted by Gasteiger charge is -2.28. The fraction of sp³-hybridized carbons (Fsp3) is 0.281. The molecule has 0 saturated carbocycles. The van der Waals surface area contributed by atoms with Crippen LogP contribution in [0.1, 0.15) is 27.9 Å². The maximum absolute atomic E-state index is 14.6. The predicted molar refractivity (Wildman–Crippen MR) is 153 cm³/mol. The van der Waals surface area contributed by atoms with E-state index in [1.165, 1.54) is 15.9 Å². The second-order valence-corrected chi connectivity index (χ2v) is 10.6. The number of hydrogen-bond acceptors (Lipinski definition) is 4. The molecule has 0 aliphatic carbocycles. The summed E-state index contributed by atoms with van der Waals surface area (Å²) in [5.41, 5.74) is 2.49. The zero-order valence-electron chi connectivity index (χ0n) is 23.0. The molecular formula is C32H33FN4O4. The molecule has 3 aromatic carbocycles. The summed E-state index contributed by atoms with van der Waals surface area (Å²) in [5, 5.41) is 14.0. The number of rotatable bonds is 8. The van der Waals surface area contributed by atoms with E-state index in [0.29, 0.717) is 12.1 Å². The Kier molecular flexibility index (Phi) is 8.16. The highest BCUT2D eigenvalue weighted by atomic mass is 19.1. The van der Waals surface area contributed by atoms with Crippen molar-refractivity contribution in [3.05, 3.63) is 108 Å². The first-order chi connectivity index (χ1) is 19.7. The second kappa shape index (κ2) is 11.9. The molecule has 212 valence electrons. The van der Waals surface area contributed by atoms with Crippen molar-refractivity contribution in [3.63, 3.8) is 0 Å².